The zero-order valence-electron chi connectivity index (χ0n) is 8.21. The van der Waals surface area contributed by atoms with E-state index in [0.717, 1.165) is 19.3 Å². The molecule has 0 aromatic carbocycles. The number of ketones is 1. The highest BCUT2D eigenvalue weighted by Gasteiger charge is 2.35. The van der Waals surface area contributed by atoms with Crippen molar-refractivity contribution in [2.24, 2.45) is 0 Å². The molecule has 1 N–H and O–H groups in total. The summed E-state index contributed by atoms with van der Waals surface area (Å²) in [5, 5.41) is 9.96. The fourth-order valence-corrected chi connectivity index (χ4v) is 1.84. The molecular weight excluding hydrogens is 168 g/mol. The van der Waals surface area contributed by atoms with Crippen LogP contribution in [0.3, 0.4) is 0 Å². The maximum atomic E-state index is 11.5. The average molecular weight is 186 g/mol. The Morgan fingerprint density at radius 3 is 2.54 bits per heavy atom. The Labute approximate surface area is 79.1 Å². The van der Waals surface area contributed by atoms with Crippen LogP contribution in [-0.2, 0) is 9.53 Å². The standard InChI is InChI=1S/C10H18O3/c1-13-8-5-9(11)10(12)6-3-2-4-7-10/h12H,2-8H2,1H3. The van der Waals surface area contributed by atoms with Gasteiger partial charge in [-0.2, -0.15) is 0 Å². The lowest BCUT2D eigenvalue weighted by atomic mass is 9.81. The lowest BCUT2D eigenvalue weighted by Crippen LogP contribution is -2.40. The second kappa shape index (κ2) is 4.72. The van der Waals surface area contributed by atoms with Crippen molar-refractivity contribution in [1.82, 2.24) is 0 Å². The van der Waals surface area contributed by atoms with Crippen molar-refractivity contribution >= 4 is 5.78 Å². The van der Waals surface area contributed by atoms with Gasteiger partial charge in [-0.05, 0) is 12.8 Å². The number of Topliss-reactive ketones (excluding diaryl/α,β-unsaturated/α-hetero) is 1. The Bertz CT molecular complexity index is 171. The van der Waals surface area contributed by atoms with Crippen molar-refractivity contribution in [3.05, 3.63) is 0 Å². The number of aliphatic hydroxyl groups is 1. The minimum atomic E-state index is -1.03. The minimum absolute atomic E-state index is 0.0472. The Balaban J connectivity index is 2.42. The van der Waals surface area contributed by atoms with Crippen molar-refractivity contribution < 1.29 is 14.6 Å². The van der Waals surface area contributed by atoms with Gasteiger partial charge >= 0.3 is 0 Å². The smallest absolute Gasteiger partial charge is 0.166 e. The minimum Gasteiger partial charge on any atom is -0.384 e. The van der Waals surface area contributed by atoms with Crippen molar-refractivity contribution in [1.29, 1.82) is 0 Å². The molecule has 0 amide bonds. The van der Waals surface area contributed by atoms with Gasteiger partial charge in [0.05, 0.1) is 6.61 Å². The van der Waals surface area contributed by atoms with E-state index in [0.29, 0.717) is 25.9 Å². The summed E-state index contributed by atoms with van der Waals surface area (Å²) in [5.41, 5.74) is -1.03. The predicted molar refractivity (Wildman–Crippen MR) is 49.5 cm³/mol. The molecule has 0 aromatic rings. The Morgan fingerprint density at radius 2 is 2.00 bits per heavy atom. The number of carbonyl (C=O) groups excluding carboxylic acids is 1. The molecule has 13 heavy (non-hydrogen) atoms. The van der Waals surface area contributed by atoms with E-state index in [1.54, 1.807) is 7.11 Å². The van der Waals surface area contributed by atoms with Gasteiger partial charge in [0.1, 0.15) is 5.60 Å². The molecule has 1 rings (SSSR count). The van der Waals surface area contributed by atoms with Crippen LogP contribution in [0.5, 0.6) is 0 Å². The molecule has 0 aromatic heterocycles. The maximum absolute atomic E-state index is 11.5. The summed E-state index contributed by atoms with van der Waals surface area (Å²) < 4.78 is 4.82. The SMILES string of the molecule is COCCC(=O)C1(O)CCCCC1. The normalized spacial score (nSPS) is 21.4. The van der Waals surface area contributed by atoms with Crippen LogP contribution in [0.4, 0.5) is 0 Å². The van der Waals surface area contributed by atoms with Gasteiger partial charge in [-0.3, -0.25) is 4.79 Å². The maximum Gasteiger partial charge on any atom is 0.166 e. The average Bonchev–Trinajstić information content (AvgIpc) is 2.15. The summed E-state index contributed by atoms with van der Waals surface area (Å²) in [5.74, 6) is -0.0472. The zero-order chi connectivity index (χ0) is 9.73. The van der Waals surface area contributed by atoms with E-state index in [4.69, 9.17) is 4.74 Å². The highest BCUT2D eigenvalue weighted by molar-refractivity contribution is 5.87. The Morgan fingerprint density at radius 1 is 1.38 bits per heavy atom. The highest BCUT2D eigenvalue weighted by Crippen LogP contribution is 2.29. The molecule has 0 atom stereocenters. The van der Waals surface area contributed by atoms with Gasteiger partial charge in [0.2, 0.25) is 0 Å². The van der Waals surface area contributed by atoms with Gasteiger partial charge in [-0.1, -0.05) is 19.3 Å². The van der Waals surface area contributed by atoms with Crippen molar-refractivity contribution in [2.75, 3.05) is 13.7 Å². The predicted octanol–water partition coefficient (Wildman–Crippen LogP) is 1.29. The van der Waals surface area contributed by atoms with Gasteiger partial charge in [-0.25, -0.2) is 0 Å². The third-order valence-corrected chi connectivity index (χ3v) is 2.73. The molecule has 1 aliphatic rings. The summed E-state index contributed by atoms with van der Waals surface area (Å²) in [6.07, 6.45) is 4.68. The van der Waals surface area contributed by atoms with Crippen LogP contribution >= 0.6 is 0 Å². The molecule has 0 heterocycles. The van der Waals surface area contributed by atoms with E-state index in [1.807, 2.05) is 0 Å². The first kappa shape index (κ1) is 10.7. The summed E-state index contributed by atoms with van der Waals surface area (Å²) in [6.45, 7) is 0.418. The third-order valence-electron chi connectivity index (χ3n) is 2.73. The topological polar surface area (TPSA) is 46.5 Å². The van der Waals surface area contributed by atoms with Crippen LogP contribution in [0.2, 0.25) is 0 Å². The van der Waals surface area contributed by atoms with Gasteiger partial charge < -0.3 is 9.84 Å². The van der Waals surface area contributed by atoms with Gasteiger partial charge in [-0.15, -0.1) is 0 Å². The first-order valence-electron chi connectivity index (χ1n) is 4.94. The van der Waals surface area contributed by atoms with Crippen LogP contribution in [-0.4, -0.2) is 30.2 Å². The Kier molecular flexibility index (Phi) is 3.88. The number of hydrogen-bond acceptors (Lipinski definition) is 3. The van der Waals surface area contributed by atoms with E-state index in [-0.39, 0.29) is 5.78 Å². The van der Waals surface area contributed by atoms with Gasteiger partial charge in [0.15, 0.2) is 5.78 Å². The summed E-state index contributed by atoms with van der Waals surface area (Å²) in [7, 11) is 1.57. The molecule has 1 saturated carbocycles. The molecule has 1 aliphatic carbocycles. The van der Waals surface area contributed by atoms with Crippen molar-refractivity contribution in [3.8, 4) is 0 Å². The molecule has 3 heteroatoms. The monoisotopic (exact) mass is 186 g/mol. The van der Waals surface area contributed by atoms with Crippen LogP contribution in [0.25, 0.3) is 0 Å². The molecule has 0 aliphatic heterocycles. The largest absolute Gasteiger partial charge is 0.384 e. The number of rotatable bonds is 4. The molecule has 1 fully saturated rings. The molecule has 0 unspecified atom stereocenters. The first-order valence-corrected chi connectivity index (χ1v) is 4.94. The number of ether oxygens (including phenoxy) is 1. The molecule has 0 spiro atoms. The zero-order valence-corrected chi connectivity index (χ0v) is 8.21. The fourth-order valence-electron chi connectivity index (χ4n) is 1.84. The van der Waals surface area contributed by atoms with E-state index in [9.17, 15) is 9.90 Å². The lowest BCUT2D eigenvalue weighted by molar-refractivity contribution is -0.141. The molecular formula is C10H18O3. The second-order valence-corrected chi connectivity index (χ2v) is 3.76. The van der Waals surface area contributed by atoms with Crippen LogP contribution in [0.1, 0.15) is 38.5 Å². The number of methoxy groups -OCH3 is 1. The van der Waals surface area contributed by atoms with E-state index in [1.165, 1.54) is 0 Å². The van der Waals surface area contributed by atoms with Crippen LogP contribution < -0.4 is 0 Å². The number of carbonyl (C=O) groups is 1. The molecule has 0 bridgehead atoms. The summed E-state index contributed by atoms with van der Waals surface area (Å²) >= 11 is 0. The summed E-state index contributed by atoms with van der Waals surface area (Å²) in [6, 6.07) is 0. The lowest BCUT2D eigenvalue weighted by Gasteiger charge is -2.30. The Hall–Kier alpha value is -0.410. The van der Waals surface area contributed by atoms with Gasteiger partial charge in [0.25, 0.3) is 0 Å². The number of hydrogen-bond donors (Lipinski definition) is 1. The van der Waals surface area contributed by atoms with E-state index < -0.39 is 5.60 Å². The highest BCUT2D eigenvalue weighted by atomic mass is 16.5. The van der Waals surface area contributed by atoms with Crippen molar-refractivity contribution in [3.63, 3.8) is 0 Å². The quantitative estimate of drug-likeness (QED) is 0.719. The van der Waals surface area contributed by atoms with Crippen molar-refractivity contribution in [2.45, 2.75) is 44.1 Å². The molecule has 0 radical (unpaired) electrons. The third kappa shape index (κ3) is 2.78. The molecule has 0 saturated heterocycles. The molecule has 3 nitrogen and oxygen atoms in total. The summed E-state index contributed by atoms with van der Waals surface area (Å²) in [4.78, 5) is 11.5. The van der Waals surface area contributed by atoms with Crippen LogP contribution in [0.15, 0.2) is 0 Å². The second-order valence-electron chi connectivity index (χ2n) is 3.76. The van der Waals surface area contributed by atoms with Crippen LogP contribution in [0, 0.1) is 0 Å². The first-order chi connectivity index (χ1) is 6.19. The van der Waals surface area contributed by atoms with E-state index in [2.05, 4.69) is 0 Å². The molecule has 76 valence electrons. The fraction of sp³-hybridized carbons (Fsp3) is 0.900. The van der Waals surface area contributed by atoms with Gasteiger partial charge in [0, 0.05) is 13.5 Å². The van der Waals surface area contributed by atoms with E-state index >= 15 is 0 Å².